The number of aliphatic hydroxyl groups is 1. The van der Waals surface area contributed by atoms with Crippen LogP contribution in [0.2, 0.25) is 0 Å². The van der Waals surface area contributed by atoms with Crippen molar-refractivity contribution in [1.29, 1.82) is 0 Å². The van der Waals surface area contributed by atoms with Crippen LogP contribution in [0.25, 0.3) is 0 Å². The van der Waals surface area contributed by atoms with E-state index >= 15 is 0 Å². The van der Waals surface area contributed by atoms with E-state index in [-0.39, 0.29) is 19.8 Å². The van der Waals surface area contributed by atoms with Crippen LogP contribution in [0.3, 0.4) is 0 Å². The number of benzene rings is 1. The lowest BCUT2D eigenvalue weighted by atomic mass is 10.2. The van der Waals surface area contributed by atoms with Crippen molar-refractivity contribution in [1.82, 2.24) is 0 Å². The lowest BCUT2D eigenvalue weighted by molar-refractivity contribution is -0.158. The number of carbonyl (C=O) groups excluding carboxylic acids is 2. The van der Waals surface area contributed by atoms with Gasteiger partial charge in [-0.1, -0.05) is 30.3 Å². The van der Waals surface area contributed by atoms with Gasteiger partial charge >= 0.3 is 11.9 Å². The standard InChI is InChI=1S/C15H20O6/c1-11(16)19-9-14(18)15(10-20-12(2)17)21-8-13-6-4-3-5-7-13/h3-7,14-15,18H,8-10H2,1-2H3/t14-,15-/m0/s1. The molecule has 0 spiro atoms. The van der Waals surface area contributed by atoms with E-state index in [4.69, 9.17) is 14.2 Å². The minimum atomic E-state index is -1.07. The predicted octanol–water partition coefficient (Wildman–Crippen LogP) is 1.06. The summed E-state index contributed by atoms with van der Waals surface area (Å²) >= 11 is 0. The monoisotopic (exact) mass is 296 g/mol. The molecule has 0 fully saturated rings. The molecule has 1 aromatic rings. The molecule has 1 aromatic carbocycles. The van der Waals surface area contributed by atoms with Gasteiger partial charge in [-0.3, -0.25) is 9.59 Å². The largest absolute Gasteiger partial charge is 0.463 e. The van der Waals surface area contributed by atoms with Crippen LogP contribution in [0.15, 0.2) is 30.3 Å². The van der Waals surface area contributed by atoms with Crippen molar-refractivity contribution in [2.75, 3.05) is 13.2 Å². The molecule has 0 aliphatic rings. The SMILES string of the molecule is CC(=O)OC[C@H](OCc1ccccc1)[C@@H](O)COC(C)=O. The third-order valence-corrected chi connectivity index (χ3v) is 2.64. The van der Waals surface area contributed by atoms with Crippen molar-refractivity contribution in [3.63, 3.8) is 0 Å². The molecule has 0 saturated carbocycles. The van der Waals surface area contributed by atoms with E-state index in [1.807, 2.05) is 30.3 Å². The van der Waals surface area contributed by atoms with Gasteiger partial charge in [0.15, 0.2) is 0 Å². The number of carbonyl (C=O) groups is 2. The van der Waals surface area contributed by atoms with Gasteiger partial charge in [0.2, 0.25) is 0 Å². The highest BCUT2D eigenvalue weighted by Gasteiger charge is 2.22. The molecular weight excluding hydrogens is 276 g/mol. The van der Waals surface area contributed by atoms with Crippen molar-refractivity contribution in [2.45, 2.75) is 32.7 Å². The first-order chi connectivity index (χ1) is 9.99. The smallest absolute Gasteiger partial charge is 0.302 e. The quantitative estimate of drug-likeness (QED) is 0.722. The Bertz CT molecular complexity index is 445. The lowest BCUT2D eigenvalue weighted by Crippen LogP contribution is -2.37. The molecule has 0 radical (unpaired) electrons. The molecule has 0 unspecified atom stereocenters. The van der Waals surface area contributed by atoms with Crippen molar-refractivity contribution >= 4 is 11.9 Å². The van der Waals surface area contributed by atoms with Gasteiger partial charge in [0.25, 0.3) is 0 Å². The fourth-order valence-corrected chi connectivity index (χ4v) is 1.56. The summed E-state index contributed by atoms with van der Waals surface area (Å²) in [6.07, 6.45) is -1.84. The van der Waals surface area contributed by atoms with E-state index in [1.54, 1.807) is 0 Å². The van der Waals surface area contributed by atoms with E-state index in [0.717, 1.165) is 5.56 Å². The molecule has 0 bridgehead atoms. The zero-order valence-electron chi connectivity index (χ0n) is 12.2. The highest BCUT2D eigenvalue weighted by atomic mass is 16.6. The van der Waals surface area contributed by atoms with Gasteiger partial charge in [-0.05, 0) is 5.56 Å². The molecule has 1 rings (SSSR count). The van der Waals surface area contributed by atoms with Crippen LogP contribution in [0.1, 0.15) is 19.4 Å². The zero-order chi connectivity index (χ0) is 15.7. The molecular formula is C15H20O6. The zero-order valence-corrected chi connectivity index (χ0v) is 12.2. The number of aliphatic hydroxyl groups excluding tert-OH is 1. The van der Waals surface area contributed by atoms with Gasteiger partial charge in [0, 0.05) is 13.8 Å². The second-order valence-electron chi connectivity index (χ2n) is 4.51. The van der Waals surface area contributed by atoms with Gasteiger partial charge in [0.1, 0.15) is 25.4 Å². The van der Waals surface area contributed by atoms with Crippen molar-refractivity contribution < 1.29 is 28.9 Å². The summed E-state index contributed by atoms with van der Waals surface area (Å²) < 4.78 is 15.1. The van der Waals surface area contributed by atoms with E-state index in [1.165, 1.54) is 13.8 Å². The first kappa shape index (κ1) is 17.1. The van der Waals surface area contributed by atoms with E-state index in [9.17, 15) is 14.7 Å². The van der Waals surface area contributed by atoms with Crippen LogP contribution < -0.4 is 0 Å². The van der Waals surface area contributed by atoms with Gasteiger partial charge in [-0.25, -0.2) is 0 Å². The Kier molecular flexibility index (Phi) is 7.42. The molecule has 116 valence electrons. The summed E-state index contributed by atoms with van der Waals surface area (Å²) in [7, 11) is 0. The van der Waals surface area contributed by atoms with Gasteiger partial charge in [-0.15, -0.1) is 0 Å². The predicted molar refractivity (Wildman–Crippen MR) is 74.3 cm³/mol. The van der Waals surface area contributed by atoms with Crippen molar-refractivity contribution in [2.24, 2.45) is 0 Å². The van der Waals surface area contributed by atoms with Crippen molar-refractivity contribution in [3.05, 3.63) is 35.9 Å². The molecule has 6 heteroatoms. The second-order valence-corrected chi connectivity index (χ2v) is 4.51. The fourth-order valence-electron chi connectivity index (χ4n) is 1.56. The average Bonchev–Trinajstić information content (AvgIpc) is 2.45. The number of ether oxygens (including phenoxy) is 3. The number of rotatable bonds is 8. The maximum atomic E-state index is 10.9. The third kappa shape index (κ3) is 7.43. The molecule has 0 aromatic heterocycles. The minimum absolute atomic E-state index is 0.107. The van der Waals surface area contributed by atoms with E-state index in [2.05, 4.69) is 0 Å². The Morgan fingerprint density at radius 3 is 2.19 bits per heavy atom. The van der Waals surface area contributed by atoms with Crippen molar-refractivity contribution in [3.8, 4) is 0 Å². The maximum Gasteiger partial charge on any atom is 0.302 e. The highest BCUT2D eigenvalue weighted by molar-refractivity contribution is 5.66. The first-order valence-electron chi connectivity index (χ1n) is 6.59. The van der Waals surface area contributed by atoms with E-state index < -0.39 is 24.1 Å². The summed E-state index contributed by atoms with van der Waals surface area (Å²) in [4.78, 5) is 21.6. The Hall–Kier alpha value is -1.92. The molecule has 0 aliphatic carbocycles. The Labute approximate surface area is 123 Å². The summed E-state index contributed by atoms with van der Waals surface area (Å²) in [5, 5.41) is 9.96. The highest BCUT2D eigenvalue weighted by Crippen LogP contribution is 2.08. The molecule has 21 heavy (non-hydrogen) atoms. The summed E-state index contributed by atoms with van der Waals surface area (Å²) in [6, 6.07) is 9.38. The summed E-state index contributed by atoms with van der Waals surface area (Å²) in [6.45, 7) is 2.45. The minimum Gasteiger partial charge on any atom is -0.463 e. The fraction of sp³-hybridized carbons (Fsp3) is 0.467. The van der Waals surface area contributed by atoms with Crippen LogP contribution in [0, 0.1) is 0 Å². The molecule has 1 N–H and O–H groups in total. The van der Waals surface area contributed by atoms with Crippen LogP contribution in [0.5, 0.6) is 0 Å². The lowest BCUT2D eigenvalue weighted by Gasteiger charge is -2.22. The van der Waals surface area contributed by atoms with Crippen LogP contribution in [-0.2, 0) is 30.4 Å². The molecule has 6 nitrogen and oxygen atoms in total. The third-order valence-electron chi connectivity index (χ3n) is 2.64. The van der Waals surface area contributed by atoms with Crippen LogP contribution >= 0.6 is 0 Å². The van der Waals surface area contributed by atoms with Gasteiger partial charge in [0.05, 0.1) is 6.61 Å². The first-order valence-corrected chi connectivity index (χ1v) is 6.59. The molecule has 0 amide bonds. The van der Waals surface area contributed by atoms with E-state index in [0.29, 0.717) is 0 Å². The molecule has 0 aliphatic heterocycles. The molecule has 2 atom stereocenters. The topological polar surface area (TPSA) is 82.1 Å². The van der Waals surface area contributed by atoms with Crippen LogP contribution in [-0.4, -0.2) is 42.5 Å². The Balaban J connectivity index is 2.54. The average molecular weight is 296 g/mol. The summed E-state index contributed by atoms with van der Waals surface area (Å²) in [5.74, 6) is -0.966. The summed E-state index contributed by atoms with van der Waals surface area (Å²) in [5.41, 5.74) is 0.921. The number of hydrogen-bond donors (Lipinski definition) is 1. The maximum absolute atomic E-state index is 10.9. The Morgan fingerprint density at radius 1 is 1.05 bits per heavy atom. The molecule has 0 heterocycles. The van der Waals surface area contributed by atoms with Gasteiger partial charge < -0.3 is 19.3 Å². The Morgan fingerprint density at radius 2 is 1.62 bits per heavy atom. The van der Waals surface area contributed by atoms with Gasteiger partial charge in [-0.2, -0.15) is 0 Å². The number of hydrogen-bond acceptors (Lipinski definition) is 6. The number of esters is 2. The normalized spacial score (nSPS) is 13.3. The second kappa shape index (κ2) is 9.10. The molecule has 0 saturated heterocycles. The van der Waals surface area contributed by atoms with Crippen LogP contribution in [0.4, 0.5) is 0 Å².